The largest absolute Gasteiger partial charge is 0.373 e. The molecule has 18 heavy (non-hydrogen) atoms. The Balaban J connectivity index is 1.62. The lowest BCUT2D eigenvalue weighted by Crippen LogP contribution is -2.28. The van der Waals surface area contributed by atoms with Gasteiger partial charge in [-0.2, -0.15) is 0 Å². The summed E-state index contributed by atoms with van der Waals surface area (Å²) in [6, 6.07) is 0. The molecule has 0 radical (unpaired) electrons. The highest BCUT2D eigenvalue weighted by molar-refractivity contribution is 5.94. The number of piperidine rings is 1. The standard InChI is InChI=1S/C13H19N3O2/c17-13(12-9-15-6-7-16-12)10-18-8-3-11-1-4-14-5-2-11/h6-7,9,11,14H,1-5,8,10H2. The summed E-state index contributed by atoms with van der Waals surface area (Å²) < 4.78 is 5.41. The number of ketones is 1. The van der Waals surface area contributed by atoms with Crippen LogP contribution in [0.1, 0.15) is 29.8 Å². The maximum atomic E-state index is 11.7. The molecule has 0 aliphatic carbocycles. The molecule has 1 aromatic rings. The molecule has 1 aromatic heterocycles. The fourth-order valence-electron chi connectivity index (χ4n) is 2.10. The number of carbonyl (C=O) groups excluding carboxylic acids is 1. The Kier molecular flexibility index (Phi) is 5.23. The Morgan fingerprint density at radius 3 is 2.94 bits per heavy atom. The van der Waals surface area contributed by atoms with E-state index in [2.05, 4.69) is 15.3 Å². The number of hydrogen-bond acceptors (Lipinski definition) is 5. The van der Waals surface area contributed by atoms with Gasteiger partial charge in [-0.1, -0.05) is 0 Å². The topological polar surface area (TPSA) is 64.1 Å². The zero-order valence-electron chi connectivity index (χ0n) is 10.5. The summed E-state index contributed by atoms with van der Waals surface area (Å²) in [5.41, 5.74) is 0.374. The zero-order valence-corrected chi connectivity index (χ0v) is 10.5. The van der Waals surface area contributed by atoms with Crippen LogP contribution in [0.2, 0.25) is 0 Å². The van der Waals surface area contributed by atoms with E-state index >= 15 is 0 Å². The first-order chi connectivity index (χ1) is 8.86. The smallest absolute Gasteiger partial charge is 0.208 e. The molecule has 1 saturated heterocycles. The van der Waals surface area contributed by atoms with Crippen molar-refractivity contribution >= 4 is 5.78 Å². The highest BCUT2D eigenvalue weighted by Crippen LogP contribution is 2.15. The van der Waals surface area contributed by atoms with Crippen LogP contribution in [0.15, 0.2) is 18.6 Å². The van der Waals surface area contributed by atoms with E-state index in [1.54, 1.807) is 6.20 Å². The van der Waals surface area contributed by atoms with E-state index in [1.165, 1.54) is 25.2 Å². The number of nitrogens with zero attached hydrogens (tertiary/aromatic N) is 2. The van der Waals surface area contributed by atoms with E-state index in [0.717, 1.165) is 25.4 Å². The Bertz CT molecular complexity index is 364. The summed E-state index contributed by atoms with van der Waals surface area (Å²) in [6.45, 7) is 2.95. The molecule has 5 heteroatoms. The maximum Gasteiger partial charge on any atom is 0.208 e. The predicted octanol–water partition coefficient (Wildman–Crippen LogP) is 1.07. The van der Waals surface area contributed by atoms with E-state index in [4.69, 9.17) is 4.74 Å². The third-order valence-corrected chi connectivity index (χ3v) is 3.21. The normalized spacial score (nSPS) is 16.7. The lowest BCUT2D eigenvalue weighted by molar-refractivity contribution is 0.0718. The number of ether oxygens (including phenoxy) is 1. The molecular weight excluding hydrogens is 230 g/mol. The Labute approximate surface area is 107 Å². The third-order valence-electron chi connectivity index (χ3n) is 3.21. The Morgan fingerprint density at radius 1 is 1.39 bits per heavy atom. The number of carbonyl (C=O) groups is 1. The molecular formula is C13H19N3O2. The second-order valence-corrected chi connectivity index (χ2v) is 4.55. The van der Waals surface area contributed by atoms with Crippen LogP contribution in [-0.4, -0.2) is 42.1 Å². The van der Waals surface area contributed by atoms with Crippen molar-refractivity contribution in [3.8, 4) is 0 Å². The number of Topliss-reactive ketones (excluding diaryl/α,β-unsaturated/α-hetero) is 1. The number of rotatable bonds is 6. The van der Waals surface area contributed by atoms with Crippen molar-refractivity contribution in [3.05, 3.63) is 24.3 Å². The van der Waals surface area contributed by atoms with Crippen LogP contribution < -0.4 is 5.32 Å². The molecule has 0 aromatic carbocycles. The molecule has 1 aliphatic rings. The van der Waals surface area contributed by atoms with Crippen molar-refractivity contribution in [3.63, 3.8) is 0 Å². The minimum absolute atomic E-state index is 0.101. The lowest BCUT2D eigenvalue weighted by atomic mass is 9.95. The summed E-state index contributed by atoms with van der Waals surface area (Å²) in [5, 5.41) is 3.33. The first-order valence-electron chi connectivity index (χ1n) is 6.44. The predicted molar refractivity (Wildman–Crippen MR) is 67.4 cm³/mol. The molecule has 0 bridgehead atoms. The Hall–Kier alpha value is -1.33. The van der Waals surface area contributed by atoms with Gasteiger partial charge in [-0.05, 0) is 38.3 Å². The Morgan fingerprint density at radius 2 is 2.22 bits per heavy atom. The minimum Gasteiger partial charge on any atom is -0.373 e. The van der Waals surface area contributed by atoms with Gasteiger partial charge >= 0.3 is 0 Å². The quantitative estimate of drug-likeness (QED) is 0.603. The number of nitrogens with one attached hydrogen (secondary N) is 1. The summed E-state index contributed by atoms with van der Waals surface area (Å²) in [5.74, 6) is 0.631. The summed E-state index contributed by atoms with van der Waals surface area (Å²) in [6.07, 6.45) is 7.99. The van der Waals surface area contributed by atoms with E-state index < -0.39 is 0 Å². The monoisotopic (exact) mass is 249 g/mol. The van der Waals surface area contributed by atoms with Gasteiger partial charge in [-0.3, -0.25) is 9.78 Å². The van der Waals surface area contributed by atoms with Gasteiger partial charge in [0.1, 0.15) is 12.3 Å². The van der Waals surface area contributed by atoms with Crippen LogP contribution in [-0.2, 0) is 4.74 Å². The average molecular weight is 249 g/mol. The molecule has 2 heterocycles. The first kappa shape index (κ1) is 13.1. The van der Waals surface area contributed by atoms with Crippen LogP contribution >= 0.6 is 0 Å². The van der Waals surface area contributed by atoms with Gasteiger partial charge in [0, 0.05) is 19.0 Å². The molecule has 2 rings (SSSR count). The molecule has 5 nitrogen and oxygen atoms in total. The van der Waals surface area contributed by atoms with Crippen molar-refractivity contribution in [2.45, 2.75) is 19.3 Å². The number of hydrogen-bond donors (Lipinski definition) is 1. The molecule has 0 saturated carbocycles. The van der Waals surface area contributed by atoms with Gasteiger partial charge in [0.25, 0.3) is 0 Å². The second-order valence-electron chi connectivity index (χ2n) is 4.55. The molecule has 1 N–H and O–H groups in total. The highest BCUT2D eigenvalue weighted by Gasteiger charge is 2.13. The summed E-state index contributed by atoms with van der Waals surface area (Å²) >= 11 is 0. The minimum atomic E-state index is -0.103. The van der Waals surface area contributed by atoms with E-state index in [-0.39, 0.29) is 12.4 Å². The van der Waals surface area contributed by atoms with Crippen molar-refractivity contribution in [2.75, 3.05) is 26.3 Å². The van der Waals surface area contributed by atoms with Gasteiger partial charge in [-0.15, -0.1) is 0 Å². The molecule has 0 unspecified atom stereocenters. The van der Waals surface area contributed by atoms with Crippen molar-refractivity contribution in [1.82, 2.24) is 15.3 Å². The SMILES string of the molecule is O=C(COCCC1CCNCC1)c1cnccn1. The van der Waals surface area contributed by atoms with Gasteiger partial charge in [0.05, 0.1) is 6.20 Å². The van der Waals surface area contributed by atoms with Gasteiger partial charge in [-0.25, -0.2) is 4.98 Å². The second kappa shape index (κ2) is 7.18. The molecule has 1 aliphatic heterocycles. The molecule has 0 atom stereocenters. The summed E-state index contributed by atoms with van der Waals surface area (Å²) in [7, 11) is 0. The fraction of sp³-hybridized carbons (Fsp3) is 0.615. The van der Waals surface area contributed by atoms with Gasteiger partial charge in [0.15, 0.2) is 0 Å². The van der Waals surface area contributed by atoms with Crippen LogP contribution in [0.3, 0.4) is 0 Å². The van der Waals surface area contributed by atoms with Crippen molar-refractivity contribution in [2.24, 2.45) is 5.92 Å². The van der Waals surface area contributed by atoms with Crippen molar-refractivity contribution < 1.29 is 9.53 Å². The van der Waals surface area contributed by atoms with E-state index in [1.807, 2.05) is 0 Å². The van der Waals surface area contributed by atoms with Crippen LogP contribution in [0, 0.1) is 5.92 Å². The zero-order chi connectivity index (χ0) is 12.6. The molecule has 98 valence electrons. The third kappa shape index (κ3) is 4.16. The van der Waals surface area contributed by atoms with Crippen LogP contribution in [0.25, 0.3) is 0 Å². The van der Waals surface area contributed by atoms with Crippen LogP contribution in [0.5, 0.6) is 0 Å². The van der Waals surface area contributed by atoms with Gasteiger partial charge < -0.3 is 10.1 Å². The van der Waals surface area contributed by atoms with Crippen molar-refractivity contribution in [1.29, 1.82) is 0 Å². The highest BCUT2D eigenvalue weighted by atomic mass is 16.5. The molecule has 0 spiro atoms. The summed E-state index contributed by atoms with van der Waals surface area (Å²) in [4.78, 5) is 19.5. The lowest BCUT2D eigenvalue weighted by Gasteiger charge is -2.22. The first-order valence-corrected chi connectivity index (χ1v) is 6.44. The average Bonchev–Trinajstić information content (AvgIpc) is 2.45. The number of aromatic nitrogens is 2. The maximum absolute atomic E-state index is 11.7. The fourth-order valence-corrected chi connectivity index (χ4v) is 2.10. The molecule has 1 fully saturated rings. The van der Waals surface area contributed by atoms with Crippen LogP contribution in [0.4, 0.5) is 0 Å². The van der Waals surface area contributed by atoms with E-state index in [9.17, 15) is 4.79 Å². The van der Waals surface area contributed by atoms with Gasteiger partial charge in [0.2, 0.25) is 5.78 Å². The van der Waals surface area contributed by atoms with E-state index in [0.29, 0.717) is 12.3 Å². The molecule has 0 amide bonds.